The Bertz CT molecular complexity index is 1050. The lowest BCUT2D eigenvalue weighted by molar-refractivity contribution is -0.233. The van der Waals surface area contributed by atoms with Gasteiger partial charge >= 0.3 is 17.9 Å². The van der Waals surface area contributed by atoms with Crippen molar-refractivity contribution in [3.8, 4) is 0 Å². The van der Waals surface area contributed by atoms with Crippen molar-refractivity contribution in [2.75, 3.05) is 6.61 Å². The summed E-state index contributed by atoms with van der Waals surface area (Å²) in [6.07, 6.45) is 5.31. The molecule has 5 saturated carbocycles. The molecule has 5 aliphatic rings. The minimum absolute atomic E-state index is 0.0228. The monoisotopic (exact) mass is 516 g/mol. The van der Waals surface area contributed by atoms with Gasteiger partial charge in [-0.2, -0.15) is 0 Å². The highest BCUT2D eigenvalue weighted by atomic mass is 16.5. The van der Waals surface area contributed by atoms with Gasteiger partial charge in [-0.05, 0) is 78.4 Å². The normalized spacial score (nSPS) is 49.4. The van der Waals surface area contributed by atoms with Crippen LogP contribution in [0, 0.1) is 56.7 Å². The van der Waals surface area contributed by atoms with E-state index in [1.54, 1.807) is 0 Å². The molecular formula is C30H44O7. The molecule has 0 aromatic rings. The van der Waals surface area contributed by atoms with Crippen LogP contribution < -0.4 is 0 Å². The van der Waals surface area contributed by atoms with Crippen molar-refractivity contribution in [2.24, 2.45) is 56.7 Å². The number of carbonyl (C=O) groups excluding carboxylic acids is 3. The Morgan fingerprint density at radius 1 is 0.892 bits per heavy atom. The fraction of sp³-hybridized carbons (Fsp3) is 0.867. The van der Waals surface area contributed by atoms with E-state index in [2.05, 4.69) is 34.6 Å². The number of Topliss-reactive ketones (excluding diaryl/α,β-unsaturated/α-hetero) is 1. The first-order valence-corrected chi connectivity index (χ1v) is 14.1. The summed E-state index contributed by atoms with van der Waals surface area (Å²) in [6, 6.07) is 0. The van der Waals surface area contributed by atoms with E-state index in [0.29, 0.717) is 12.3 Å². The fourth-order valence-corrected chi connectivity index (χ4v) is 11.2. The highest BCUT2D eigenvalue weighted by Gasteiger charge is 2.79. The van der Waals surface area contributed by atoms with Gasteiger partial charge in [-0.1, -0.05) is 34.6 Å². The topological polar surface area (TPSA) is 107 Å². The van der Waals surface area contributed by atoms with Crippen molar-refractivity contribution in [1.82, 2.24) is 0 Å². The average molecular weight is 517 g/mol. The summed E-state index contributed by atoms with van der Waals surface area (Å²) in [5.74, 6) is -1.04. The maximum Gasteiger partial charge on any atom is 0.307 e. The van der Waals surface area contributed by atoms with E-state index in [4.69, 9.17) is 9.47 Å². The molecule has 5 fully saturated rings. The van der Waals surface area contributed by atoms with Gasteiger partial charge < -0.3 is 14.6 Å². The van der Waals surface area contributed by atoms with Crippen LogP contribution in [0.3, 0.4) is 0 Å². The van der Waals surface area contributed by atoms with Gasteiger partial charge in [0, 0.05) is 31.1 Å². The van der Waals surface area contributed by atoms with Gasteiger partial charge in [-0.3, -0.25) is 19.2 Å². The number of ketones is 1. The second kappa shape index (κ2) is 8.05. The molecule has 0 heterocycles. The molecule has 0 spiro atoms. The number of rotatable bonds is 4. The molecule has 7 heteroatoms. The third kappa shape index (κ3) is 3.37. The van der Waals surface area contributed by atoms with Gasteiger partial charge in [0.2, 0.25) is 0 Å². The SMILES string of the molecule is CC(=O)OC[C@@]12CC[C@]3(C)[C@H](CC[C@@H]4[C@@]5(C)CC(=O)[C@H](OC(C)=O)C(C)(C)[C@@H]5CC[C@]43C)[C@H]1C2C(=O)O. The molecule has 206 valence electrons. The first kappa shape index (κ1) is 26.7. The van der Waals surface area contributed by atoms with Crippen LogP contribution in [0.1, 0.15) is 93.4 Å². The third-order valence-electron chi connectivity index (χ3n) is 12.8. The van der Waals surface area contributed by atoms with E-state index in [9.17, 15) is 24.3 Å². The molecule has 0 aliphatic heterocycles. The van der Waals surface area contributed by atoms with E-state index < -0.39 is 34.8 Å². The second-order valence-electron chi connectivity index (χ2n) is 14.5. The summed E-state index contributed by atoms with van der Waals surface area (Å²) in [6.45, 7) is 14.3. The van der Waals surface area contributed by atoms with Crippen LogP contribution in [0.4, 0.5) is 0 Å². The lowest BCUT2D eigenvalue weighted by atomic mass is 9.34. The van der Waals surface area contributed by atoms with Gasteiger partial charge in [-0.15, -0.1) is 0 Å². The van der Waals surface area contributed by atoms with Crippen molar-refractivity contribution in [1.29, 1.82) is 0 Å². The summed E-state index contributed by atoms with van der Waals surface area (Å²) in [5.41, 5.74) is -1.14. The van der Waals surface area contributed by atoms with E-state index >= 15 is 0 Å². The van der Waals surface area contributed by atoms with Gasteiger partial charge in [0.1, 0.15) is 0 Å². The number of carboxylic acid groups (broad SMARTS) is 1. The molecule has 1 unspecified atom stereocenters. The molecule has 1 N–H and O–H groups in total. The van der Waals surface area contributed by atoms with Crippen LogP contribution in [0.15, 0.2) is 0 Å². The molecule has 37 heavy (non-hydrogen) atoms. The molecule has 0 aromatic heterocycles. The van der Waals surface area contributed by atoms with Crippen molar-refractivity contribution >= 4 is 23.7 Å². The standard InChI is InChI=1S/C30H44O7/c1-16(31)36-15-30-13-12-28(6)18(22(30)23(30)25(34)35)8-9-21-27(5)14-19(33)24(37-17(2)32)26(3,4)20(27)10-11-29(21,28)7/h18,20-24H,8-15H2,1-7H3,(H,34,35)/t18-,20+,21-,22+,23?,24+,27+,28-,29-,30+/m1/s1. The molecule has 0 saturated heterocycles. The molecule has 0 bridgehead atoms. The van der Waals surface area contributed by atoms with E-state index in [1.807, 2.05) is 0 Å². The molecule has 0 aromatic carbocycles. The van der Waals surface area contributed by atoms with Crippen LogP contribution in [-0.2, 0) is 28.7 Å². The molecule has 0 amide bonds. The summed E-state index contributed by atoms with van der Waals surface area (Å²) < 4.78 is 11.0. The van der Waals surface area contributed by atoms with Crippen LogP contribution >= 0.6 is 0 Å². The number of ether oxygens (including phenoxy) is 2. The van der Waals surface area contributed by atoms with E-state index in [0.717, 1.165) is 38.5 Å². The maximum absolute atomic E-state index is 13.5. The largest absolute Gasteiger partial charge is 0.481 e. The van der Waals surface area contributed by atoms with Crippen molar-refractivity contribution < 1.29 is 33.8 Å². The molecule has 7 nitrogen and oxygen atoms in total. The fourth-order valence-electron chi connectivity index (χ4n) is 11.2. The van der Waals surface area contributed by atoms with Crippen LogP contribution in [-0.4, -0.2) is 41.5 Å². The van der Waals surface area contributed by atoms with Gasteiger partial charge in [0.15, 0.2) is 11.9 Å². The second-order valence-corrected chi connectivity index (χ2v) is 14.5. The summed E-state index contributed by atoms with van der Waals surface area (Å²) >= 11 is 0. The van der Waals surface area contributed by atoms with Crippen LogP contribution in [0.5, 0.6) is 0 Å². The quantitative estimate of drug-likeness (QED) is 0.521. The zero-order chi connectivity index (χ0) is 27.3. The average Bonchev–Trinajstić information content (AvgIpc) is 3.45. The minimum Gasteiger partial charge on any atom is -0.481 e. The van der Waals surface area contributed by atoms with Gasteiger partial charge in [0.25, 0.3) is 0 Å². The third-order valence-corrected chi connectivity index (χ3v) is 12.8. The zero-order valence-electron chi connectivity index (χ0n) is 23.5. The summed E-state index contributed by atoms with van der Waals surface area (Å²) in [5, 5.41) is 10.1. The highest BCUT2D eigenvalue weighted by molar-refractivity contribution is 5.88. The Labute approximate surface area is 220 Å². The Balaban J connectivity index is 1.48. The van der Waals surface area contributed by atoms with Crippen molar-refractivity contribution in [2.45, 2.75) is 99.5 Å². The maximum atomic E-state index is 13.5. The first-order valence-electron chi connectivity index (χ1n) is 14.1. The van der Waals surface area contributed by atoms with E-state index in [-0.39, 0.29) is 52.4 Å². The van der Waals surface area contributed by atoms with Gasteiger partial charge in [-0.25, -0.2) is 0 Å². The summed E-state index contributed by atoms with van der Waals surface area (Å²) in [7, 11) is 0. The number of carbonyl (C=O) groups is 4. The predicted octanol–water partition coefficient (Wildman–Crippen LogP) is 5.05. The molecule has 0 radical (unpaired) electrons. The Hall–Kier alpha value is -1.92. The number of esters is 2. The molecule has 5 aliphatic carbocycles. The Morgan fingerprint density at radius 2 is 1.57 bits per heavy atom. The Kier molecular flexibility index (Phi) is 5.80. The minimum atomic E-state index is -0.763. The Morgan fingerprint density at radius 3 is 2.16 bits per heavy atom. The predicted molar refractivity (Wildman–Crippen MR) is 135 cm³/mol. The van der Waals surface area contributed by atoms with Gasteiger partial charge in [0.05, 0.1) is 12.5 Å². The lowest BCUT2D eigenvalue weighted by Crippen LogP contribution is -2.67. The summed E-state index contributed by atoms with van der Waals surface area (Å²) in [4.78, 5) is 49.3. The zero-order valence-corrected chi connectivity index (χ0v) is 23.5. The smallest absolute Gasteiger partial charge is 0.307 e. The van der Waals surface area contributed by atoms with E-state index in [1.165, 1.54) is 13.8 Å². The van der Waals surface area contributed by atoms with Crippen LogP contribution in [0.2, 0.25) is 0 Å². The lowest BCUT2D eigenvalue weighted by Gasteiger charge is -2.71. The molecular weight excluding hydrogens is 472 g/mol. The first-order chi connectivity index (χ1) is 17.1. The number of hydrogen-bond acceptors (Lipinski definition) is 6. The number of hydrogen-bond donors (Lipinski definition) is 1. The number of aliphatic carboxylic acids is 1. The molecule has 5 rings (SSSR count). The van der Waals surface area contributed by atoms with Crippen molar-refractivity contribution in [3.05, 3.63) is 0 Å². The molecule has 10 atom stereocenters. The van der Waals surface area contributed by atoms with Crippen LogP contribution in [0.25, 0.3) is 0 Å². The number of carboxylic acids is 1. The number of fused-ring (bicyclic) bond motifs is 7. The van der Waals surface area contributed by atoms with Crippen molar-refractivity contribution in [3.63, 3.8) is 0 Å². The highest BCUT2D eigenvalue weighted by Crippen LogP contribution is 2.81.